The molecule has 3 aliphatic rings. The highest BCUT2D eigenvalue weighted by Crippen LogP contribution is 2.47. The Morgan fingerprint density at radius 1 is 1.14 bits per heavy atom. The number of para-hydroxylation sites is 1. The first-order chi connectivity index (χ1) is 18.0. The van der Waals surface area contributed by atoms with Crippen molar-refractivity contribution in [1.82, 2.24) is 10.2 Å². The molecule has 0 fully saturated rings. The normalized spacial score (nSPS) is 22.9. The van der Waals surface area contributed by atoms with Gasteiger partial charge in [0.25, 0.3) is 0 Å². The molecule has 0 unspecified atom stereocenters. The van der Waals surface area contributed by atoms with Gasteiger partial charge in [0.2, 0.25) is 18.6 Å². The second kappa shape index (κ2) is 10.8. The fourth-order valence-corrected chi connectivity index (χ4v) is 5.06. The first-order valence-electron chi connectivity index (χ1n) is 12.3. The van der Waals surface area contributed by atoms with Gasteiger partial charge in [0.15, 0.2) is 11.5 Å². The third kappa shape index (κ3) is 4.87. The quantitative estimate of drug-likeness (QED) is 0.458. The zero-order chi connectivity index (χ0) is 25.9. The predicted octanol–water partition coefficient (Wildman–Crippen LogP) is 1.10. The number of carbonyl (C=O) groups excluding carboxylic acids is 2. The first-order valence-corrected chi connectivity index (χ1v) is 12.3. The van der Waals surface area contributed by atoms with Crippen LogP contribution in [0.4, 0.5) is 0 Å². The molecule has 0 bridgehead atoms. The zero-order valence-corrected chi connectivity index (χ0v) is 20.5. The Balaban J connectivity index is 1.52. The van der Waals surface area contributed by atoms with Crippen LogP contribution in [0.1, 0.15) is 24.0 Å². The highest BCUT2D eigenvalue weighted by atomic mass is 16.7. The minimum Gasteiger partial charge on any atom is -0.486 e. The number of benzene rings is 2. The number of nitrogens with zero attached hydrogens (tertiary/aromatic N) is 1. The molecule has 2 aliphatic heterocycles. The van der Waals surface area contributed by atoms with E-state index < -0.39 is 24.2 Å². The van der Waals surface area contributed by atoms with Crippen molar-refractivity contribution in [2.75, 3.05) is 33.2 Å². The fourth-order valence-electron chi connectivity index (χ4n) is 5.06. The number of fused-ring (bicyclic) bond motifs is 4. The Labute approximate surface area is 214 Å². The van der Waals surface area contributed by atoms with Crippen LogP contribution in [0.25, 0.3) is 0 Å². The van der Waals surface area contributed by atoms with Gasteiger partial charge in [-0.25, -0.2) is 0 Å². The fraction of sp³-hybridized carbons (Fsp3) is 0.407. The van der Waals surface area contributed by atoms with Crippen LogP contribution in [0.2, 0.25) is 0 Å². The number of nitrogens with one attached hydrogen (secondary N) is 1. The summed E-state index contributed by atoms with van der Waals surface area (Å²) in [5.41, 5.74) is 1.93. The summed E-state index contributed by atoms with van der Waals surface area (Å²) >= 11 is 0. The molecule has 2 amide bonds. The molecule has 3 N–H and O–H groups in total. The Kier molecular flexibility index (Phi) is 7.31. The number of carbonyl (C=O) groups is 2. The maximum Gasteiger partial charge on any atom is 0.249 e. The molecule has 0 saturated heterocycles. The van der Waals surface area contributed by atoms with E-state index >= 15 is 0 Å². The van der Waals surface area contributed by atoms with Gasteiger partial charge in [-0.15, -0.1) is 0 Å². The summed E-state index contributed by atoms with van der Waals surface area (Å²) in [6.07, 6.45) is -0.256. The lowest BCUT2D eigenvalue weighted by Crippen LogP contribution is -2.56. The van der Waals surface area contributed by atoms with Crippen molar-refractivity contribution in [2.24, 2.45) is 0 Å². The molecular formula is C27H30N2O8. The van der Waals surface area contributed by atoms with Crippen LogP contribution < -0.4 is 19.5 Å². The second-order valence-corrected chi connectivity index (χ2v) is 9.03. The molecule has 2 aromatic carbocycles. The maximum absolute atomic E-state index is 13.4. The number of hydrogen-bond donors (Lipinski definition) is 3. The van der Waals surface area contributed by atoms with Gasteiger partial charge in [0.05, 0.1) is 18.6 Å². The topological polar surface area (TPSA) is 127 Å². The van der Waals surface area contributed by atoms with E-state index in [2.05, 4.69) is 5.32 Å². The largest absolute Gasteiger partial charge is 0.486 e. The molecule has 5 rings (SSSR count). The molecule has 2 heterocycles. The van der Waals surface area contributed by atoms with Crippen molar-refractivity contribution in [3.63, 3.8) is 0 Å². The van der Waals surface area contributed by atoms with Crippen LogP contribution in [0.5, 0.6) is 17.2 Å². The number of hydrogen-bond acceptors (Lipinski definition) is 8. The van der Waals surface area contributed by atoms with Crippen LogP contribution >= 0.6 is 0 Å². The summed E-state index contributed by atoms with van der Waals surface area (Å²) in [4.78, 5) is 28.1. The molecule has 0 radical (unpaired) electrons. The Morgan fingerprint density at radius 3 is 2.76 bits per heavy atom. The van der Waals surface area contributed by atoms with Crippen LogP contribution in [0.15, 0.2) is 54.1 Å². The van der Waals surface area contributed by atoms with Gasteiger partial charge in [-0.3, -0.25) is 9.59 Å². The summed E-state index contributed by atoms with van der Waals surface area (Å²) in [5.74, 6) is 0.534. The number of rotatable bonds is 9. The molecule has 1 aliphatic carbocycles. The molecule has 4 atom stereocenters. The SMILES string of the molecule is CCOCC(=O)N(Cc1ccc2c(c1)OCO2)[C@@H]1C=C(C(=O)NCCO)[C@@H]2c3ccccc3O[C@@H]2[C@H]1O. The summed E-state index contributed by atoms with van der Waals surface area (Å²) < 4.78 is 22.4. The van der Waals surface area contributed by atoms with E-state index in [1.165, 1.54) is 4.90 Å². The highest BCUT2D eigenvalue weighted by Gasteiger charge is 2.50. The predicted molar refractivity (Wildman–Crippen MR) is 131 cm³/mol. The van der Waals surface area contributed by atoms with Gasteiger partial charge in [0.1, 0.15) is 24.6 Å². The minimum absolute atomic E-state index is 0.0769. The van der Waals surface area contributed by atoms with Gasteiger partial charge in [-0.1, -0.05) is 24.3 Å². The standard InChI is InChI=1S/C27H30N2O8/c1-2-34-14-23(31)29(13-16-7-8-21-22(11-16)36-15-35-21)19-12-18(27(33)28-9-10-30)24-17-5-3-4-6-20(17)37-26(24)25(19)32/h3-8,11-12,19,24-26,30,32H,2,9-10,13-15H2,1H3,(H,28,33)/t19-,24+,25+,26+/m1/s1. The van der Waals surface area contributed by atoms with Crippen molar-refractivity contribution in [3.8, 4) is 17.2 Å². The lowest BCUT2D eigenvalue weighted by molar-refractivity contribution is -0.142. The van der Waals surface area contributed by atoms with E-state index in [1.54, 1.807) is 31.2 Å². The highest BCUT2D eigenvalue weighted by molar-refractivity contribution is 5.96. The van der Waals surface area contributed by atoms with Crippen molar-refractivity contribution in [2.45, 2.75) is 37.6 Å². The van der Waals surface area contributed by atoms with Gasteiger partial charge in [0, 0.05) is 30.8 Å². The van der Waals surface area contributed by atoms with E-state index in [0.717, 1.165) is 11.1 Å². The van der Waals surface area contributed by atoms with Crippen LogP contribution in [-0.2, 0) is 20.9 Å². The second-order valence-electron chi connectivity index (χ2n) is 9.03. The molecular weight excluding hydrogens is 480 g/mol. The van der Waals surface area contributed by atoms with Crippen molar-refractivity contribution < 1.29 is 38.7 Å². The first kappa shape index (κ1) is 25.1. The van der Waals surface area contributed by atoms with E-state index in [9.17, 15) is 19.8 Å². The number of amides is 2. The molecule has 37 heavy (non-hydrogen) atoms. The lowest BCUT2D eigenvalue weighted by atomic mass is 9.77. The van der Waals surface area contributed by atoms with Crippen LogP contribution in [0, 0.1) is 0 Å². The molecule has 2 aromatic rings. The van der Waals surface area contributed by atoms with Gasteiger partial charge in [-0.2, -0.15) is 0 Å². The molecule has 0 aromatic heterocycles. The molecule has 10 heteroatoms. The summed E-state index contributed by atoms with van der Waals surface area (Å²) in [7, 11) is 0. The summed E-state index contributed by atoms with van der Waals surface area (Å²) in [5, 5.41) is 23.5. The smallest absolute Gasteiger partial charge is 0.249 e. The average molecular weight is 511 g/mol. The van der Waals surface area contributed by atoms with E-state index in [1.807, 2.05) is 24.3 Å². The summed E-state index contributed by atoms with van der Waals surface area (Å²) in [6.45, 7) is 2.09. The van der Waals surface area contributed by atoms with Gasteiger partial charge >= 0.3 is 0 Å². The van der Waals surface area contributed by atoms with E-state index in [4.69, 9.17) is 18.9 Å². The molecule has 0 saturated carbocycles. The Bertz CT molecular complexity index is 1200. The van der Waals surface area contributed by atoms with Crippen LogP contribution in [-0.4, -0.2) is 78.3 Å². The van der Waals surface area contributed by atoms with Crippen molar-refractivity contribution in [3.05, 3.63) is 65.2 Å². The van der Waals surface area contributed by atoms with Crippen molar-refractivity contribution >= 4 is 11.8 Å². The Morgan fingerprint density at radius 2 is 1.95 bits per heavy atom. The van der Waals surface area contributed by atoms with Gasteiger partial charge in [-0.05, 0) is 36.8 Å². The van der Waals surface area contributed by atoms with E-state index in [0.29, 0.717) is 29.4 Å². The van der Waals surface area contributed by atoms with Crippen LogP contribution in [0.3, 0.4) is 0 Å². The van der Waals surface area contributed by atoms with Gasteiger partial charge < -0.3 is 39.4 Å². The monoisotopic (exact) mass is 510 g/mol. The average Bonchev–Trinajstić information content (AvgIpc) is 3.54. The third-order valence-electron chi connectivity index (χ3n) is 6.78. The number of aliphatic hydroxyl groups is 2. The van der Waals surface area contributed by atoms with Crippen molar-refractivity contribution in [1.29, 1.82) is 0 Å². The Hall–Kier alpha value is -3.60. The van der Waals surface area contributed by atoms with E-state index in [-0.39, 0.29) is 44.9 Å². The number of ether oxygens (including phenoxy) is 4. The number of aliphatic hydroxyl groups excluding tert-OH is 2. The summed E-state index contributed by atoms with van der Waals surface area (Å²) in [6, 6.07) is 11.9. The lowest BCUT2D eigenvalue weighted by Gasteiger charge is -2.40. The molecule has 10 nitrogen and oxygen atoms in total. The zero-order valence-electron chi connectivity index (χ0n) is 20.5. The molecule has 0 spiro atoms. The minimum atomic E-state index is -1.12. The molecule has 196 valence electrons. The third-order valence-corrected chi connectivity index (χ3v) is 6.78. The maximum atomic E-state index is 13.4.